The lowest BCUT2D eigenvalue weighted by atomic mass is 10.2. The van der Waals surface area contributed by atoms with Crippen LogP contribution in [-0.2, 0) is 16.3 Å². The van der Waals surface area contributed by atoms with Crippen molar-refractivity contribution in [2.75, 3.05) is 11.6 Å². The highest BCUT2D eigenvalue weighted by Gasteiger charge is 2.14. The summed E-state index contributed by atoms with van der Waals surface area (Å²) in [5.41, 5.74) is 0.665. The van der Waals surface area contributed by atoms with Crippen LogP contribution in [0.25, 0.3) is 0 Å². The Balaban J connectivity index is 2.40. The van der Waals surface area contributed by atoms with Gasteiger partial charge in [-0.1, -0.05) is 17.7 Å². The molecule has 5 nitrogen and oxygen atoms in total. The molecule has 0 atom stereocenters. The van der Waals surface area contributed by atoms with E-state index in [0.29, 0.717) is 17.8 Å². The molecule has 22 heavy (non-hydrogen) atoms. The molecule has 0 aliphatic rings. The molecule has 1 N–H and O–H groups in total. The summed E-state index contributed by atoms with van der Waals surface area (Å²) >= 11 is 5.99. The predicted octanol–water partition coefficient (Wildman–Crippen LogP) is 3.14. The van der Waals surface area contributed by atoms with Crippen LogP contribution in [0.3, 0.4) is 0 Å². The Bertz CT molecular complexity index is 825. The van der Waals surface area contributed by atoms with E-state index in [1.54, 1.807) is 6.08 Å². The molecule has 0 bridgehead atoms. The highest BCUT2D eigenvalue weighted by molar-refractivity contribution is 7.90. The van der Waals surface area contributed by atoms with Crippen LogP contribution in [0.5, 0.6) is 0 Å². The summed E-state index contributed by atoms with van der Waals surface area (Å²) in [6.45, 7) is 3.62. The van der Waals surface area contributed by atoms with Gasteiger partial charge in [0.15, 0.2) is 9.84 Å². The number of nitrogens with zero attached hydrogens (tertiary/aromatic N) is 2. The molecule has 0 spiro atoms. The molecule has 0 amide bonds. The van der Waals surface area contributed by atoms with Crippen LogP contribution in [-0.4, -0.2) is 24.6 Å². The molecule has 1 aromatic carbocycles. The topological polar surface area (TPSA) is 72.0 Å². The molecule has 0 aliphatic carbocycles. The molecule has 8 heteroatoms. The van der Waals surface area contributed by atoms with E-state index in [0.717, 1.165) is 12.3 Å². The van der Waals surface area contributed by atoms with Gasteiger partial charge in [0.1, 0.15) is 23.1 Å². The van der Waals surface area contributed by atoms with Gasteiger partial charge in [-0.05, 0) is 24.6 Å². The average Bonchev–Trinajstić information content (AvgIpc) is 2.43. The van der Waals surface area contributed by atoms with Crippen molar-refractivity contribution in [3.63, 3.8) is 0 Å². The monoisotopic (exact) mass is 341 g/mol. The van der Waals surface area contributed by atoms with Gasteiger partial charge in [0.05, 0.1) is 10.6 Å². The van der Waals surface area contributed by atoms with Crippen LogP contribution in [0.4, 0.5) is 15.9 Å². The van der Waals surface area contributed by atoms with E-state index < -0.39 is 15.7 Å². The third kappa shape index (κ3) is 3.61. The third-order valence-electron chi connectivity index (χ3n) is 2.86. The van der Waals surface area contributed by atoms with Crippen LogP contribution in [0.1, 0.15) is 5.56 Å². The minimum atomic E-state index is -3.47. The Labute approximate surface area is 132 Å². The summed E-state index contributed by atoms with van der Waals surface area (Å²) < 4.78 is 36.9. The SMILES string of the molecule is C=CCc1c(Cl)ncnc1Nc1ccc(S(C)(=O)=O)cc1F. The van der Waals surface area contributed by atoms with Gasteiger partial charge in [0.2, 0.25) is 0 Å². The summed E-state index contributed by atoms with van der Waals surface area (Å²) in [4.78, 5) is 7.79. The molecular formula is C14H13ClFN3O2S. The molecule has 0 fully saturated rings. The lowest BCUT2D eigenvalue weighted by molar-refractivity contribution is 0.596. The lowest BCUT2D eigenvalue weighted by Crippen LogP contribution is -2.04. The zero-order valence-electron chi connectivity index (χ0n) is 11.7. The average molecular weight is 342 g/mol. The number of benzene rings is 1. The first-order chi connectivity index (χ1) is 10.3. The Morgan fingerprint density at radius 3 is 2.73 bits per heavy atom. The van der Waals surface area contributed by atoms with Crippen molar-refractivity contribution < 1.29 is 12.8 Å². The Kier molecular flexibility index (Phi) is 4.77. The number of halogens is 2. The second-order valence-corrected chi connectivity index (χ2v) is 6.90. The minimum absolute atomic E-state index is 0.0903. The maximum atomic E-state index is 14.1. The zero-order chi connectivity index (χ0) is 16.3. The number of aromatic nitrogens is 2. The highest BCUT2D eigenvalue weighted by atomic mass is 35.5. The third-order valence-corrected chi connectivity index (χ3v) is 4.30. The van der Waals surface area contributed by atoms with Crippen molar-refractivity contribution in [1.82, 2.24) is 9.97 Å². The summed E-state index contributed by atoms with van der Waals surface area (Å²) in [5.74, 6) is -0.367. The van der Waals surface area contributed by atoms with Gasteiger partial charge < -0.3 is 5.32 Å². The molecule has 2 rings (SSSR count). The number of nitrogens with one attached hydrogen (secondary N) is 1. The van der Waals surface area contributed by atoms with E-state index in [4.69, 9.17) is 11.6 Å². The number of sulfone groups is 1. The standard InChI is InChI=1S/C14H13ClFN3O2S/c1-3-4-10-13(15)17-8-18-14(10)19-12-6-5-9(7-11(12)16)22(2,20)21/h3,5-8H,1,4H2,2H3,(H,17,18,19). The van der Waals surface area contributed by atoms with Gasteiger partial charge in [-0.2, -0.15) is 0 Å². The fourth-order valence-corrected chi connectivity index (χ4v) is 2.62. The Morgan fingerprint density at radius 1 is 1.41 bits per heavy atom. The molecule has 0 aliphatic heterocycles. The smallest absolute Gasteiger partial charge is 0.175 e. The van der Waals surface area contributed by atoms with E-state index in [2.05, 4.69) is 21.9 Å². The molecule has 0 saturated heterocycles. The molecular weight excluding hydrogens is 329 g/mol. The van der Waals surface area contributed by atoms with Crippen molar-refractivity contribution in [2.45, 2.75) is 11.3 Å². The first-order valence-electron chi connectivity index (χ1n) is 6.20. The molecule has 0 saturated carbocycles. The second-order valence-electron chi connectivity index (χ2n) is 4.52. The summed E-state index contributed by atoms with van der Waals surface area (Å²) in [6.07, 6.45) is 4.30. The molecule has 2 aromatic rings. The van der Waals surface area contributed by atoms with E-state index >= 15 is 0 Å². The van der Waals surface area contributed by atoms with Crippen LogP contribution in [0.2, 0.25) is 5.15 Å². The van der Waals surface area contributed by atoms with Crippen molar-refractivity contribution in [1.29, 1.82) is 0 Å². The normalized spacial score (nSPS) is 11.2. The fourth-order valence-electron chi connectivity index (χ4n) is 1.78. The number of allylic oxidation sites excluding steroid dienone is 1. The Morgan fingerprint density at radius 2 is 2.14 bits per heavy atom. The maximum Gasteiger partial charge on any atom is 0.175 e. The van der Waals surface area contributed by atoms with E-state index in [1.165, 1.54) is 18.5 Å². The first-order valence-corrected chi connectivity index (χ1v) is 8.46. The second kappa shape index (κ2) is 6.41. The van der Waals surface area contributed by atoms with Crippen LogP contribution in [0, 0.1) is 5.82 Å². The summed E-state index contributed by atoms with van der Waals surface area (Å²) in [7, 11) is -3.47. The van der Waals surface area contributed by atoms with Crippen molar-refractivity contribution in [3.05, 3.63) is 53.7 Å². The largest absolute Gasteiger partial charge is 0.337 e. The zero-order valence-corrected chi connectivity index (χ0v) is 13.2. The van der Waals surface area contributed by atoms with Crippen molar-refractivity contribution in [2.24, 2.45) is 0 Å². The number of hydrogen-bond acceptors (Lipinski definition) is 5. The number of anilines is 2. The van der Waals surface area contributed by atoms with Crippen LogP contribution in [0.15, 0.2) is 42.1 Å². The highest BCUT2D eigenvalue weighted by Crippen LogP contribution is 2.26. The van der Waals surface area contributed by atoms with Crippen molar-refractivity contribution in [3.8, 4) is 0 Å². The molecule has 116 valence electrons. The maximum absolute atomic E-state index is 14.1. The van der Waals surface area contributed by atoms with Gasteiger partial charge in [0, 0.05) is 11.8 Å². The van der Waals surface area contributed by atoms with Gasteiger partial charge >= 0.3 is 0 Å². The van der Waals surface area contributed by atoms with E-state index in [9.17, 15) is 12.8 Å². The van der Waals surface area contributed by atoms with Gasteiger partial charge in [-0.3, -0.25) is 0 Å². The quantitative estimate of drug-likeness (QED) is 0.668. The van der Waals surface area contributed by atoms with Crippen LogP contribution < -0.4 is 5.32 Å². The van der Waals surface area contributed by atoms with Gasteiger partial charge in [0.25, 0.3) is 0 Å². The fraction of sp³-hybridized carbons (Fsp3) is 0.143. The summed E-state index contributed by atoms with van der Waals surface area (Å²) in [5, 5.41) is 3.03. The number of hydrogen-bond donors (Lipinski definition) is 1. The Hall–Kier alpha value is -1.99. The van der Waals surface area contributed by atoms with E-state index in [1.807, 2.05) is 0 Å². The lowest BCUT2D eigenvalue weighted by Gasteiger charge is -2.12. The predicted molar refractivity (Wildman–Crippen MR) is 83.7 cm³/mol. The van der Waals surface area contributed by atoms with E-state index in [-0.39, 0.29) is 15.7 Å². The van der Waals surface area contributed by atoms with Crippen LogP contribution >= 0.6 is 11.6 Å². The van der Waals surface area contributed by atoms with Gasteiger partial charge in [-0.15, -0.1) is 6.58 Å². The van der Waals surface area contributed by atoms with Gasteiger partial charge in [-0.25, -0.2) is 22.8 Å². The first kappa shape index (κ1) is 16.4. The molecule has 1 aromatic heterocycles. The summed E-state index contributed by atoms with van der Waals surface area (Å²) in [6, 6.07) is 3.60. The molecule has 1 heterocycles. The molecule has 0 radical (unpaired) electrons. The van der Waals surface area contributed by atoms with Crippen molar-refractivity contribution >= 4 is 32.9 Å². The number of rotatable bonds is 5. The minimum Gasteiger partial charge on any atom is -0.337 e. The molecule has 0 unspecified atom stereocenters.